The SMILES string of the molecule is OC1(Cc2cn[nH]c2)CNC1. The average Bonchev–Trinajstić information content (AvgIpc) is 2.36. The summed E-state index contributed by atoms with van der Waals surface area (Å²) in [5, 5.41) is 19.2. The molecule has 0 spiro atoms. The number of hydrogen-bond acceptors (Lipinski definition) is 3. The first-order valence-electron chi connectivity index (χ1n) is 3.69. The van der Waals surface area contributed by atoms with Gasteiger partial charge in [0.2, 0.25) is 0 Å². The molecule has 0 radical (unpaired) electrons. The van der Waals surface area contributed by atoms with Gasteiger partial charge in [0, 0.05) is 25.7 Å². The summed E-state index contributed by atoms with van der Waals surface area (Å²) in [6, 6.07) is 0. The summed E-state index contributed by atoms with van der Waals surface area (Å²) >= 11 is 0. The van der Waals surface area contributed by atoms with Gasteiger partial charge >= 0.3 is 0 Å². The monoisotopic (exact) mass is 153 g/mol. The Balaban J connectivity index is 2.00. The van der Waals surface area contributed by atoms with Gasteiger partial charge in [0.1, 0.15) is 0 Å². The van der Waals surface area contributed by atoms with Crippen molar-refractivity contribution in [3.05, 3.63) is 18.0 Å². The van der Waals surface area contributed by atoms with Gasteiger partial charge < -0.3 is 10.4 Å². The van der Waals surface area contributed by atoms with Crippen molar-refractivity contribution in [1.29, 1.82) is 0 Å². The zero-order chi connectivity index (χ0) is 7.73. The lowest BCUT2D eigenvalue weighted by molar-refractivity contribution is -0.00901. The summed E-state index contributed by atoms with van der Waals surface area (Å²) in [5.41, 5.74) is 0.540. The Hall–Kier alpha value is -0.870. The van der Waals surface area contributed by atoms with Gasteiger partial charge in [0.05, 0.1) is 11.8 Å². The Morgan fingerprint density at radius 1 is 1.64 bits per heavy atom. The van der Waals surface area contributed by atoms with E-state index >= 15 is 0 Å². The molecule has 0 saturated carbocycles. The molecule has 0 atom stereocenters. The third-order valence-electron chi connectivity index (χ3n) is 2.00. The average molecular weight is 153 g/mol. The molecule has 2 rings (SSSR count). The van der Waals surface area contributed by atoms with Gasteiger partial charge in [-0.2, -0.15) is 5.10 Å². The van der Waals surface area contributed by atoms with Crippen molar-refractivity contribution < 1.29 is 5.11 Å². The standard InChI is InChI=1S/C7H11N3O/c11-7(4-8-5-7)1-6-2-9-10-3-6/h2-3,8,11H,1,4-5H2,(H,9,10). The molecule has 4 heteroatoms. The maximum atomic E-state index is 9.68. The zero-order valence-electron chi connectivity index (χ0n) is 6.17. The van der Waals surface area contributed by atoms with E-state index in [0.717, 1.165) is 5.56 Å². The van der Waals surface area contributed by atoms with E-state index in [2.05, 4.69) is 15.5 Å². The number of H-pyrrole nitrogens is 1. The van der Waals surface area contributed by atoms with Crippen LogP contribution in [0.1, 0.15) is 5.56 Å². The molecule has 1 aromatic rings. The Morgan fingerprint density at radius 2 is 2.45 bits per heavy atom. The predicted molar refractivity (Wildman–Crippen MR) is 40.1 cm³/mol. The summed E-state index contributed by atoms with van der Waals surface area (Å²) in [5.74, 6) is 0. The van der Waals surface area contributed by atoms with Gasteiger partial charge in [-0.15, -0.1) is 0 Å². The number of rotatable bonds is 2. The maximum absolute atomic E-state index is 9.68. The topological polar surface area (TPSA) is 60.9 Å². The van der Waals surface area contributed by atoms with Gasteiger partial charge in [-0.1, -0.05) is 0 Å². The fourth-order valence-corrected chi connectivity index (χ4v) is 1.29. The number of hydrogen-bond donors (Lipinski definition) is 3. The molecular formula is C7H11N3O. The van der Waals surface area contributed by atoms with E-state index in [9.17, 15) is 5.11 Å². The highest BCUT2D eigenvalue weighted by Crippen LogP contribution is 2.16. The highest BCUT2D eigenvalue weighted by Gasteiger charge is 2.34. The summed E-state index contributed by atoms with van der Waals surface area (Å²) in [4.78, 5) is 0. The van der Waals surface area contributed by atoms with Crippen molar-refractivity contribution in [2.24, 2.45) is 0 Å². The van der Waals surface area contributed by atoms with E-state index in [-0.39, 0.29) is 0 Å². The zero-order valence-corrected chi connectivity index (χ0v) is 6.17. The Bertz CT molecular complexity index is 228. The van der Waals surface area contributed by atoms with Crippen LogP contribution in [0.5, 0.6) is 0 Å². The van der Waals surface area contributed by atoms with E-state index in [1.54, 1.807) is 6.20 Å². The molecule has 1 aliphatic heterocycles. The second-order valence-corrected chi connectivity index (χ2v) is 3.11. The minimum Gasteiger partial charge on any atom is -0.387 e. The van der Waals surface area contributed by atoms with E-state index < -0.39 is 5.60 Å². The number of nitrogens with one attached hydrogen (secondary N) is 2. The minimum atomic E-state index is -0.524. The van der Waals surface area contributed by atoms with E-state index in [1.807, 2.05) is 6.20 Å². The molecule has 11 heavy (non-hydrogen) atoms. The van der Waals surface area contributed by atoms with Crippen molar-refractivity contribution in [3.8, 4) is 0 Å². The van der Waals surface area contributed by atoms with E-state index in [1.165, 1.54) is 0 Å². The molecule has 1 fully saturated rings. The molecule has 0 aromatic carbocycles. The van der Waals surface area contributed by atoms with E-state index in [4.69, 9.17) is 0 Å². The third-order valence-corrected chi connectivity index (χ3v) is 2.00. The second kappa shape index (κ2) is 2.32. The fourth-order valence-electron chi connectivity index (χ4n) is 1.29. The smallest absolute Gasteiger partial charge is 0.0936 e. The minimum absolute atomic E-state index is 0.524. The van der Waals surface area contributed by atoms with Crippen molar-refractivity contribution >= 4 is 0 Å². The Morgan fingerprint density at radius 3 is 2.91 bits per heavy atom. The van der Waals surface area contributed by atoms with Crippen molar-refractivity contribution in [3.63, 3.8) is 0 Å². The number of β-amino-alcohol motifs (C(OH)–C–C–N with tert-alkyl or cyclic N) is 1. The Labute approximate surface area is 64.6 Å². The molecule has 0 bridgehead atoms. The first-order chi connectivity index (χ1) is 5.29. The summed E-state index contributed by atoms with van der Waals surface area (Å²) in [6.45, 7) is 1.39. The first-order valence-corrected chi connectivity index (χ1v) is 3.69. The summed E-state index contributed by atoms with van der Waals surface area (Å²) < 4.78 is 0. The quantitative estimate of drug-likeness (QED) is 0.526. The molecule has 1 aliphatic rings. The van der Waals surface area contributed by atoms with Gasteiger partial charge in [0.25, 0.3) is 0 Å². The van der Waals surface area contributed by atoms with Crippen LogP contribution < -0.4 is 5.32 Å². The molecule has 4 nitrogen and oxygen atoms in total. The molecule has 1 aromatic heterocycles. The molecule has 60 valence electrons. The van der Waals surface area contributed by atoms with Crippen LogP contribution in [0, 0.1) is 0 Å². The maximum Gasteiger partial charge on any atom is 0.0936 e. The van der Waals surface area contributed by atoms with Crippen LogP contribution in [-0.4, -0.2) is 34.0 Å². The largest absolute Gasteiger partial charge is 0.387 e. The molecule has 0 aliphatic carbocycles. The highest BCUT2D eigenvalue weighted by atomic mass is 16.3. The van der Waals surface area contributed by atoms with Crippen molar-refractivity contribution in [1.82, 2.24) is 15.5 Å². The van der Waals surface area contributed by atoms with Crippen LogP contribution >= 0.6 is 0 Å². The van der Waals surface area contributed by atoms with Gasteiger partial charge in [-0.25, -0.2) is 0 Å². The lowest BCUT2D eigenvalue weighted by atomic mass is 9.90. The summed E-state index contributed by atoms with van der Waals surface area (Å²) in [6.07, 6.45) is 4.25. The van der Waals surface area contributed by atoms with Crippen LogP contribution in [0.2, 0.25) is 0 Å². The number of aromatic nitrogens is 2. The van der Waals surface area contributed by atoms with Crippen molar-refractivity contribution in [2.45, 2.75) is 12.0 Å². The van der Waals surface area contributed by atoms with Crippen LogP contribution in [0.15, 0.2) is 12.4 Å². The molecule has 1 saturated heterocycles. The molecule has 3 N–H and O–H groups in total. The molecule has 0 amide bonds. The van der Waals surface area contributed by atoms with E-state index in [0.29, 0.717) is 19.5 Å². The van der Waals surface area contributed by atoms with Crippen LogP contribution in [0.25, 0.3) is 0 Å². The van der Waals surface area contributed by atoms with Crippen molar-refractivity contribution in [2.75, 3.05) is 13.1 Å². The Kier molecular flexibility index (Phi) is 1.44. The lowest BCUT2D eigenvalue weighted by Crippen LogP contribution is -2.60. The predicted octanol–water partition coefficient (Wildman–Crippen LogP) is -0.714. The lowest BCUT2D eigenvalue weighted by Gasteiger charge is -2.37. The molecule has 2 heterocycles. The van der Waals surface area contributed by atoms with Gasteiger partial charge in [-0.05, 0) is 5.56 Å². The van der Waals surface area contributed by atoms with Gasteiger partial charge in [0.15, 0.2) is 0 Å². The number of aliphatic hydroxyl groups is 1. The highest BCUT2D eigenvalue weighted by molar-refractivity contribution is 5.10. The van der Waals surface area contributed by atoms with Crippen LogP contribution in [-0.2, 0) is 6.42 Å². The van der Waals surface area contributed by atoms with Crippen LogP contribution in [0.3, 0.4) is 0 Å². The molecule has 0 unspecified atom stereocenters. The molecular weight excluding hydrogens is 142 g/mol. The number of aromatic amines is 1. The second-order valence-electron chi connectivity index (χ2n) is 3.11. The van der Waals surface area contributed by atoms with Crippen LogP contribution in [0.4, 0.5) is 0 Å². The number of nitrogens with zero attached hydrogens (tertiary/aromatic N) is 1. The normalized spacial score (nSPS) is 21.2. The summed E-state index contributed by atoms with van der Waals surface area (Å²) in [7, 11) is 0. The van der Waals surface area contributed by atoms with Gasteiger partial charge in [-0.3, -0.25) is 5.10 Å². The third kappa shape index (κ3) is 1.27. The first kappa shape index (κ1) is 6.82. The fraction of sp³-hybridized carbons (Fsp3) is 0.571.